The summed E-state index contributed by atoms with van der Waals surface area (Å²) in [6.07, 6.45) is 11.7. The molecule has 0 fully saturated rings. The zero-order valence-electron chi connectivity index (χ0n) is 12.9. The molecule has 23 heavy (non-hydrogen) atoms. The van der Waals surface area contributed by atoms with E-state index in [4.69, 9.17) is 0 Å². The zero-order valence-corrected chi connectivity index (χ0v) is 12.9. The van der Waals surface area contributed by atoms with Crippen molar-refractivity contribution in [1.29, 1.82) is 0 Å². The number of H-pyrrole nitrogens is 1. The Kier molecular flexibility index (Phi) is 2.56. The molecule has 0 unspecified atom stereocenters. The molecule has 1 heterocycles. The van der Waals surface area contributed by atoms with Crippen LogP contribution in [0.1, 0.15) is 28.7 Å². The number of hydrogen-bond donors (Lipinski definition) is 1. The van der Waals surface area contributed by atoms with E-state index in [1.165, 1.54) is 49.6 Å². The van der Waals surface area contributed by atoms with Crippen LogP contribution in [0.25, 0.3) is 34.0 Å². The summed E-state index contributed by atoms with van der Waals surface area (Å²) in [4.78, 5) is 3.67. The van der Waals surface area contributed by atoms with Gasteiger partial charge in [-0.25, -0.2) is 0 Å². The Morgan fingerprint density at radius 2 is 1.78 bits per heavy atom. The van der Waals surface area contributed by atoms with Crippen LogP contribution in [0, 0.1) is 0 Å². The molecule has 3 aromatic rings. The summed E-state index contributed by atoms with van der Waals surface area (Å²) in [6, 6.07) is 8.59. The molecule has 1 heteroatoms. The van der Waals surface area contributed by atoms with Crippen molar-refractivity contribution in [3.63, 3.8) is 0 Å². The second-order valence-electron chi connectivity index (χ2n) is 6.47. The lowest BCUT2D eigenvalue weighted by Gasteiger charge is -2.18. The van der Waals surface area contributed by atoms with Gasteiger partial charge < -0.3 is 4.98 Å². The monoisotopic (exact) mass is 295 g/mol. The van der Waals surface area contributed by atoms with Crippen LogP contribution in [0.3, 0.4) is 0 Å². The number of benzene rings is 2. The van der Waals surface area contributed by atoms with Gasteiger partial charge in [-0.15, -0.1) is 5.73 Å². The molecule has 0 saturated carbocycles. The van der Waals surface area contributed by atoms with Crippen LogP contribution in [-0.2, 0) is 12.8 Å². The average Bonchev–Trinajstić information content (AvgIpc) is 3.14. The number of fused-ring (bicyclic) bond motifs is 8. The summed E-state index contributed by atoms with van der Waals surface area (Å²) in [5.41, 5.74) is 12.6. The maximum atomic E-state index is 4.26. The number of nitrogens with one attached hydrogen (secondary N) is 1. The summed E-state index contributed by atoms with van der Waals surface area (Å²) in [7, 11) is 0. The topological polar surface area (TPSA) is 15.8 Å². The Morgan fingerprint density at radius 3 is 2.74 bits per heavy atom. The minimum absolute atomic E-state index is 0.958. The summed E-state index contributed by atoms with van der Waals surface area (Å²) < 4.78 is 0. The van der Waals surface area contributed by atoms with Gasteiger partial charge in [0, 0.05) is 21.9 Å². The van der Waals surface area contributed by atoms with Gasteiger partial charge >= 0.3 is 0 Å². The largest absolute Gasteiger partial charge is 0.354 e. The SMILES string of the molecule is C=C1C/C=C\Cc2c(c3c(c4c2[nH]c2ccccc24)C=C=C3)C1. The first kappa shape index (κ1) is 12.8. The first-order chi connectivity index (χ1) is 11.3. The van der Waals surface area contributed by atoms with Gasteiger partial charge in [0.1, 0.15) is 0 Å². The standard InChI is InChI=1S/C22H17N/c1-14-7-2-3-8-17-19(13-14)15-10-6-11-16(15)21-18-9-4-5-12-20(18)23-22(17)21/h2-5,9-12,23H,1,7-8,13H2/b3-2-. The lowest BCUT2D eigenvalue weighted by Crippen LogP contribution is -2.03. The molecule has 0 bridgehead atoms. The fraction of sp³-hybridized carbons (Fsp3) is 0.136. The average molecular weight is 295 g/mol. The number of hydrogen-bond acceptors (Lipinski definition) is 0. The predicted octanol–water partition coefficient (Wildman–Crippen LogP) is 5.56. The maximum absolute atomic E-state index is 4.26. The van der Waals surface area contributed by atoms with Gasteiger partial charge in [-0.2, -0.15) is 0 Å². The van der Waals surface area contributed by atoms with E-state index >= 15 is 0 Å². The molecule has 1 N–H and O–H groups in total. The molecule has 1 aromatic heterocycles. The van der Waals surface area contributed by atoms with Gasteiger partial charge in [-0.3, -0.25) is 0 Å². The summed E-state index contributed by atoms with van der Waals surface area (Å²) in [5, 5.41) is 2.65. The zero-order chi connectivity index (χ0) is 15.4. The Bertz CT molecular complexity index is 1080. The van der Waals surface area contributed by atoms with Crippen LogP contribution in [0.15, 0.2) is 54.3 Å². The van der Waals surface area contributed by atoms with Gasteiger partial charge in [0.15, 0.2) is 0 Å². The van der Waals surface area contributed by atoms with Crippen LogP contribution in [0.4, 0.5) is 0 Å². The number of aromatic nitrogens is 1. The number of para-hydroxylation sites is 1. The second kappa shape index (κ2) is 4.62. The highest BCUT2D eigenvalue weighted by atomic mass is 14.7. The molecule has 2 aromatic carbocycles. The third kappa shape index (κ3) is 1.75. The minimum Gasteiger partial charge on any atom is -0.354 e. The van der Waals surface area contributed by atoms with Crippen molar-refractivity contribution in [3.8, 4) is 0 Å². The van der Waals surface area contributed by atoms with Gasteiger partial charge in [0.2, 0.25) is 0 Å². The van der Waals surface area contributed by atoms with Crippen LogP contribution in [-0.4, -0.2) is 4.98 Å². The molecule has 0 saturated heterocycles. The molecule has 5 rings (SSSR count). The summed E-state index contributed by atoms with van der Waals surface area (Å²) in [5.74, 6) is 0. The van der Waals surface area contributed by atoms with Crippen molar-refractivity contribution >= 4 is 34.0 Å². The first-order valence-corrected chi connectivity index (χ1v) is 8.15. The van der Waals surface area contributed by atoms with E-state index in [0.717, 1.165) is 19.3 Å². The van der Waals surface area contributed by atoms with Crippen LogP contribution in [0.2, 0.25) is 0 Å². The van der Waals surface area contributed by atoms with Crippen molar-refractivity contribution in [2.24, 2.45) is 0 Å². The Hall–Kier alpha value is -2.76. The summed E-state index contributed by atoms with van der Waals surface area (Å²) in [6.45, 7) is 4.26. The quantitative estimate of drug-likeness (QED) is 0.323. The molecule has 0 aliphatic heterocycles. The van der Waals surface area contributed by atoms with Crippen molar-refractivity contribution in [2.75, 3.05) is 0 Å². The minimum atomic E-state index is 0.958. The second-order valence-corrected chi connectivity index (χ2v) is 6.47. The van der Waals surface area contributed by atoms with Gasteiger partial charge in [-0.1, -0.05) is 42.5 Å². The Morgan fingerprint density at radius 1 is 0.957 bits per heavy atom. The molecular formula is C22H17N. The molecule has 2 aliphatic carbocycles. The normalized spacial score (nSPS) is 17.3. The Labute approximate surface area is 135 Å². The first-order valence-electron chi connectivity index (χ1n) is 8.15. The Balaban J connectivity index is 1.98. The van der Waals surface area contributed by atoms with Crippen LogP contribution < -0.4 is 0 Å². The highest BCUT2D eigenvalue weighted by molar-refractivity contribution is 6.14. The van der Waals surface area contributed by atoms with E-state index in [1.807, 2.05) is 0 Å². The van der Waals surface area contributed by atoms with E-state index in [1.54, 1.807) is 0 Å². The third-order valence-electron chi connectivity index (χ3n) is 5.03. The smallest absolute Gasteiger partial charge is 0.0510 e. The highest BCUT2D eigenvalue weighted by Gasteiger charge is 2.22. The molecule has 1 nitrogen and oxygen atoms in total. The lowest BCUT2D eigenvalue weighted by molar-refractivity contribution is 1.02. The van der Waals surface area contributed by atoms with Crippen molar-refractivity contribution in [1.82, 2.24) is 4.98 Å². The third-order valence-corrected chi connectivity index (χ3v) is 5.03. The highest BCUT2D eigenvalue weighted by Crippen LogP contribution is 2.40. The number of rotatable bonds is 0. The molecule has 0 radical (unpaired) electrons. The van der Waals surface area contributed by atoms with E-state index in [0.29, 0.717) is 0 Å². The van der Waals surface area contributed by atoms with E-state index in [2.05, 4.69) is 65.9 Å². The van der Waals surface area contributed by atoms with E-state index in [-0.39, 0.29) is 0 Å². The van der Waals surface area contributed by atoms with E-state index in [9.17, 15) is 0 Å². The molecule has 0 amide bonds. The van der Waals surface area contributed by atoms with Crippen LogP contribution in [0.5, 0.6) is 0 Å². The maximum Gasteiger partial charge on any atom is 0.0510 e. The predicted molar refractivity (Wildman–Crippen MR) is 98.6 cm³/mol. The van der Waals surface area contributed by atoms with Crippen LogP contribution >= 0.6 is 0 Å². The number of aromatic amines is 1. The van der Waals surface area contributed by atoms with Gasteiger partial charge in [-0.05, 0) is 54.2 Å². The molecule has 2 aliphatic rings. The fourth-order valence-corrected chi connectivity index (χ4v) is 3.98. The molecule has 0 spiro atoms. The molecular weight excluding hydrogens is 278 g/mol. The lowest BCUT2D eigenvalue weighted by atomic mass is 9.86. The van der Waals surface area contributed by atoms with Crippen molar-refractivity contribution < 1.29 is 0 Å². The fourth-order valence-electron chi connectivity index (χ4n) is 3.98. The molecule has 0 atom stereocenters. The van der Waals surface area contributed by atoms with Gasteiger partial charge in [0.25, 0.3) is 0 Å². The number of allylic oxidation sites excluding steroid dienone is 3. The molecule has 110 valence electrons. The van der Waals surface area contributed by atoms with Crippen molar-refractivity contribution in [3.05, 3.63) is 76.6 Å². The summed E-state index contributed by atoms with van der Waals surface area (Å²) >= 11 is 0. The van der Waals surface area contributed by atoms with Gasteiger partial charge in [0.05, 0.1) is 5.52 Å². The van der Waals surface area contributed by atoms with E-state index < -0.39 is 0 Å². The van der Waals surface area contributed by atoms with Crippen molar-refractivity contribution in [2.45, 2.75) is 19.3 Å².